The monoisotopic (exact) mass is 257 g/mol. The van der Waals surface area contributed by atoms with Gasteiger partial charge in [0, 0.05) is 18.9 Å². The van der Waals surface area contributed by atoms with E-state index < -0.39 is 0 Å². The molecule has 1 unspecified atom stereocenters. The highest BCUT2D eigenvalue weighted by Crippen LogP contribution is 2.20. The highest BCUT2D eigenvalue weighted by Gasteiger charge is 2.20. The second-order valence-corrected chi connectivity index (χ2v) is 5.08. The number of nitrogens with one attached hydrogen (secondary N) is 1. The third kappa shape index (κ3) is 3.20. The van der Waals surface area contributed by atoms with Crippen LogP contribution in [-0.2, 0) is 12.8 Å². The van der Waals surface area contributed by atoms with Crippen molar-refractivity contribution in [1.82, 2.24) is 15.5 Å². The molecule has 0 bridgehead atoms. The fraction of sp³-hybridized carbons (Fsp3) is 0.467. The topological polar surface area (TPSA) is 51.0 Å². The molecule has 19 heavy (non-hydrogen) atoms. The molecule has 1 aliphatic rings. The van der Waals surface area contributed by atoms with E-state index in [1.165, 1.54) is 12.0 Å². The normalized spacial score (nSPS) is 19.5. The van der Waals surface area contributed by atoms with Crippen LogP contribution in [0.25, 0.3) is 0 Å². The van der Waals surface area contributed by atoms with Gasteiger partial charge in [0.05, 0.1) is 0 Å². The summed E-state index contributed by atoms with van der Waals surface area (Å²) in [6.07, 6.45) is 4.12. The third-order valence-corrected chi connectivity index (χ3v) is 3.62. The van der Waals surface area contributed by atoms with E-state index in [1.54, 1.807) is 0 Å². The first kappa shape index (κ1) is 12.4. The highest BCUT2D eigenvalue weighted by molar-refractivity contribution is 5.15. The highest BCUT2D eigenvalue weighted by atomic mass is 16.5. The zero-order valence-electron chi connectivity index (χ0n) is 11.0. The lowest BCUT2D eigenvalue weighted by Gasteiger charge is -2.19. The van der Waals surface area contributed by atoms with Gasteiger partial charge in [-0.2, -0.15) is 4.98 Å². The molecule has 1 aromatic heterocycles. The summed E-state index contributed by atoms with van der Waals surface area (Å²) >= 11 is 0. The van der Waals surface area contributed by atoms with Gasteiger partial charge < -0.3 is 9.84 Å². The molecule has 1 aliphatic heterocycles. The van der Waals surface area contributed by atoms with Crippen LogP contribution >= 0.6 is 0 Å². The van der Waals surface area contributed by atoms with E-state index in [2.05, 4.69) is 39.7 Å². The zero-order chi connectivity index (χ0) is 12.9. The first-order valence-electron chi connectivity index (χ1n) is 6.99. The van der Waals surface area contributed by atoms with Crippen LogP contribution in [0.3, 0.4) is 0 Å². The van der Waals surface area contributed by atoms with Gasteiger partial charge in [0.25, 0.3) is 0 Å². The minimum atomic E-state index is 0.419. The molecule has 0 amide bonds. The Morgan fingerprint density at radius 1 is 1.21 bits per heavy atom. The smallest absolute Gasteiger partial charge is 0.226 e. The van der Waals surface area contributed by atoms with Crippen molar-refractivity contribution >= 4 is 0 Å². The molecule has 2 aromatic rings. The largest absolute Gasteiger partial charge is 0.339 e. The maximum atomic E-state index is 5.35. The van der Waals surface area contributed by atoms with Crippen molar-refractivity contribution in [2.45, 2.75) is 31.6 Å². The third-order valence-electron chi connectivity index (χ3n) is 3.62. The Bertz CT molecular complexity index is 503. The van der Waals surface area contributed by atoms with Gasteiger partial charge in [0.1, 0.15) is 0 Å². The predicted molar refractivity (Wildman–Crippen MR) is 73.0 cm³/mol. The molecule has 0 spiro atoms. The summed E-state index contributed by atoms with van der Waals surface area (Å²) in [5, 5.41) is 7.50. The average molecular weight is 257 g/mol. The van der Waals surface area contributed by atoms with Gasteiger partial charge in [-0.3, -0.25) is 0 Å². The molecule has 1 N–H and O–H groups in total. The van der Waals surface area contributed by atoms with Crippen LogP contribution < -0.4 is 5.32 Å². The summed E-state index contributed by atoms with van der Waals surface area (Å²) < 4.78 is 5.35. The molecule has 4 nitrogen and oxygen atoms in total. The second kappa shape index (κ2) is 5.97. The summed E-state index contributed by atoms with van der Waals surface area (Å²) in [5.41, 5.74) is 1.31. The number of hydrogen-bond acceptors (Lipinski definition) is 4. The number of benzene rings is 1. The summed E-state index contributed by atoms with van der Waals surface area (Å²) in [5.74, 6) is 2.04. The fourth-order valence-electron chi connectivity index (χ4n) is 2.50. The Morgan fingerprint density at radius 2 is 2.11 bits per heavy atom. The van der Waals surface area contributed by atoms with Crippen LogP contribution in [0.1, 0.15) is 36.0 Å². The van der Waals surface area contributed by atoms with Gasteiger partial charge in [-0.1, -0.05) is 35.5 Å². The van der Waals surface area contributed by atoms with Crippen molar-refractivity contribution in [3.05, 3.63) is 47.6 Å². The lowest BCUT2D eigenvalue weighted by Crippen LogP contribution is -2.28. The van der Waals surface area contributed by atoms with E-state index in [-0.39, 0.29) is 0 Å². The maximum Gasteiger partial charge on any atom is 0.226 e. The van der Waals surface area contributed by atoms with E-state index in [1.807, 2.05) is 6.07 Å². The van der Waals surface area contributed by atoms with Gasteiger partial charge in [0.2, 0.25) is 5.89 Å². The minimum absolute atomic E-state index is 0.419. The van der Waals surface area contributed by atoms with Crippen molar-refractivity contribution in [2.24, 2.45) is 0 Å². The van der Waals surface area contributed by atoms with Crippen molar-refractivity contribution in [3.63, 3.8) is 0 Å². The van der Waals surface area contributed by atoms with Crippen molar-refractivity contribution < 1.29 is 4.52 Å². The van der Waals surface area contributed by atoms with E-state index in [4.69, 9.17) is 4.52 Å². The Hall–Kier alpha value is -1.68. The van der Waals surface area contributed by atoms with Crippen LogP contribution in [0.5, 0.6) is 0 Å². The number of hydrogen-bond donors (Lipinski definition) is 1. The van der Waals surface area contributed by atoms with E-state index in [0.29, 0.717) is 5.92 Å². The Balaban J connectivity index is 1.58. The maximum absolute atomic E-state index is 5.35. The van der Waals surface area contributed by atoms with Gasteiger partial charge in [-0.15, -0.1) is 0 Å². The molecule has 1 saturated heterocycles. The Morgan fingerprint density at radius 3 is 2.89 bits per heavy atom. The molecule has 2 heterocycles. The lowest BCUT2D eigenvalue weighted by molar-refractivity contribution is 0.361. The van der Waals surface area contributed by atoms with E-state index >= 15 is 0 Å². The van der Waals surface area contributed by atoms with Crippen LogP contribution in [-0.4, -0.2) is 23.2 Å². The minimum Gasteiger partial charge on any atom is -0.339 e. The van der Waals surface area contributed by atoms with Gasteiger partial charge in [-0.25, -0.2) is 0 Å². The molecular formula is C15H19N3O. The standard InChI is InChI=1S/C15H19N3O/c1-2-5-12(6-3-1)8-9-14-17-15(18-19-14)13-7-4-10-16-11-13/h1-3,5-6,13,16H,4,7-11H2. The number of rotatable bonds is 4. The number of aryl methyl sites for hydroxylation is 2. The molecule has 3 rings (SSSR count). The summed E-state index contributed by atoms with van der Waals surface area (Å²) in [4.78, 5) is 4.53. The summed E-state index contributed by atoms with van der Waals surface area (Å²) in [6, 6.07) is 10.4. The quantitative estimate of drug-likeness (QED) is 0.913. The van der Waals surface area contributed by atoms with E-state index in [0.717, 1.165) is 44.1 Å². The average Bonchev–Trinajstić information content (AvgIpc) is 2.96. The molecule has 0 aliphatic carbocycles. The molecule has 1 fully saturated rings. The number of piperidine rings is 1. The molecule has 1 aromatic carbocycles. The van der Waals surface area contributed by atoms with Crippen LogP contribution in [0.4, 0.5) is 0 Å². The fourth-order valence-corrected chi connectivity index (χ4v) is 2.50. The Kier molecular flexibility index (Phi) is 3.89. The van der Waals surface area contributed by atoms with Gasteiger partial charge in [-0.05, 0) is 31.4 Å². The van der Waals surface area contributed by atoms with Gasteiger partial charge in [0.15, 0.2) is 5.82 Å². The number of nitrogens with zero attached hydrogens (tertiary/aromatic N) is 2. The molecule has 0 radical (unpaired) electrons. The van der Waals surface area contributed by atoms with Crippen molar-refractivity contribution in [1.29, 1.82) is 0 Å². The number of aromatic nitrogens is 2. The lowest BCUT2D eigenvalue weighted by atomic mass is 9.99. The first-order chi connectivity index (χ1) is 9.42. The van der Waals surface area contributed by atoms with Crippen molar-refractivity contribution in [2.75, 3.05) is 13.1 Å². The van der Waals surface area contributed by atoms with Crippen LogP contribution in [0, 0.1) is 0 Å². The van der Waals surface area contributed by atoms with Gasteiger partial charge >= 0.3 is 0 Å². The second-order valence-electron chi connectivity index (χ2n) is 5.08. The van der Waals surface area contributed by atoms with E-state index in [9.17, 15) is 0 Å². The molecule has 100 valence electrons. The molecular weight excluding hydrogens is 238 g/mol. The van der Waals surface area contributed by atoms with Crippen molar-refractivity contribution in [3.8, 4) is 0 Å². The molecule has 1 atom stereocenters. The van der Waals surface area contributed by atoms with Crippen LogP contribution in [0.15, 0.2) is 34.9 Å². The Labute approximate surface area is 113 Å². The van der Waals surface area contributed by atoms with Crippen LogP contribution in [0.2, 0.25) is 0 Å². The SMILES string of the molecule is c1ccc(CCc2nc(C3CCCNC3)no2)cc1. The summed E-state index contributed by atoms with van der Waals surface area (Å²) in [7, 11) is 0. The molecule has 0 saturated carbocycles. The zero-order valence-corrected chi connectivity index (χ0v) is 11.0. The predicted octanol–water partition coefficient (Wildman–Crippen LogP) is 2.32. The summed E-state index contributed by atoms with van der Waals surface area (Å²) in [6.45, 7) is 2.08. The first-order valence-corrected chi connectivity index (χ1v) is 6.99. The molecule has 4 heteroatoms.